The molecule has 0 aliphatic heterocycles. The van der Waals surface area contributed by atoms with E-state index in [-0.39, 0.29) is 11.0 Å². The second-order valence-corrected chi connectivity index (χ2v) is 3.99. The summed E-state index contributed by atoms with van der Waals surface area (Å²) in [6.45, 7) is 4.60. The zero-order valence-corrected chi connectivity index (χ0v) is 9.38. The van der Waals surface area contributed by atoms with Crippen LogP contribution in [0.25, 0.3) is 0 Å². The van der Waals surface area contributed by atoms with E-state index in [1.807, 2.05) is 13.8 Å². The molecule has 16 heavy (non-hydrogen) atoms. The molecule has 0 fully saturated rings. The molecule has 5 heteroatoms. The smallest absolute Gasteiger partial charge is 0.489 e. The molecule has 0 unspecified atom stereocenters. The summed E-state index contributed by atoms with van der Waals surface area (Å²) in [4.78, 5) is 10.7. The van der Waals surface area contributed by atoms with Gasteiger partial charge in [0.2, 0.25) is 0 Å². The molecule has 0 aromatic heterocycles. The van der Waals surface area contributed by atoms with Gasteiger partial charge in [0.1, 0.15) is 12.0 Å². The van der Waals surface area contributed by atoms with Gasteiger partial charge in [-0.25, -0.2) is 0 Å². The molecule has 1 rings (SSSR count). The first-order chi connectivity index (χ1) is 7.54. The third kappa shape index (κ3) is 3.36. The molecular formula is C11H15BO4. The standard InChI is InChI=1S/C11H15BO4/c1-8(2)7-16-10-3-4-11(12(14)15)9(5-10)6-13/h3-6,8,14-15H,7H2,1-2H3. The van der Waals surface area contributed by atoms with Crippen LogP contribution in [0.2, 0.25) is 0 Å². The number of carbonyl (C=O) groups is 1. The average Bonchev–Trinajstić information content (AvgIpc) is 2.25. The normalized spacial score (nSPS) is 10.3. The largest absolute Gasteiger partial charge is 0.493 e. The van der Waals surface area contributed by atoms with E-state index in [0.29, 0.717) is 24.6 Å². The van der Waals surface area contributed by atoms with Crippen molar-refractivity contribution in [3.8, 4) is 5.75 Å². The van der Waals surface area contributed by atoms with E-state index >= 15 is 0 Å². The highest BCUT2D eigenvalue weighted by molar-refractivity contribution is 6.60. The van der Waals surface area contributed by atoms with Gasteiger partial charge >= 0.3 is 7.12 Å². The predicted molar refractivity (Wildman–Crippen MR) is 62.0 cm³/mol. The Morgan fingerprint density at radius 1 is 1.44 bits per heavy atom. The first-order valence-corrected chi connectivity index (χ1v) is 5.12. The molecule has 1 aromatic carbocycles. The number of hydrogen-bond donors (Lipinski definition) is 2. The number of rotatable bonds is 5. The number of hydrogen-bond acceptors (Lipinski definition) is 4. The van der Waals surface area contributed by atoms with E-state index in [1.165, 1.54) is 12.1 Å². The third-order valence-corrected chi connectivity index (χ3v) is 2.05. The summed E-state index contributed by atoms with van der Waals surface area (Å²) in [5, 5.41) is 18.0. The first-order valence-electron chi connectivity index (χ1n) is 5.12. The minimum Gasteiger partial charge on any atom is -0.493 e. The fourth-order valence-corrected chi connectivity index (χ4v) is 1.24. The number of aldehydes is 1. The van der Waals surface area contributed by atoms with Crippen LogP contribution in [0, 0.1) is 5.92 Å². The van der Waals surface area contributed by atoms with Gasteiger partial charge in [-0.15, -0.1) is 0 Å². The van der Waals surface area contributed by atoms with Gasteiger partial charge in [0.25, 0.3) is 0 Å². The van der Waals surface area contributed by atoms with Gasteiger partial charge in [-0.2, -0.15) is 0 Å². The average molecular weight is 222 g/mol. The maximum absolute atomic E-state index is 10.7. The highest BCUT2D eigenvalue weighted by atomic mass is 16.5. The molecule has 0 saturated heterocycles. The summed E-state index contributed by atoms with van der Waals surface area (Å²) in [6, 6.07) is 4.60. The van der Waals surface area contributed by atoms with Crippen LogP contribution in [-0.4, -0.2) is 30.1 Å². The highest BCUT2D eigenvalue weighted by Crippen LogP contribution is 2.12. The van der Waals surface area contributed by atoms with Crippen LogP contribution in [-0.2, 0) is 0 Å². The number of ether oxygens (including phenoxy) is 1. The summed E-state index contributed by atoms with van der Waals surface area (Å²) < 4.78 is 5.42. The van der Waals surface area contributed by atoms with Crippen LogP contribution < -0.4 is 10.2 Å². The molecule has 0 aliphatic rings. The molecule has 0 bridgehead atoms. The predicted octanol–water partition coefficient (Wildman–Crippen LogP) is 0.214. The Bertz CT molecular complexity index is 363. The Morgan fingerprint density at radius 3 is 2.62 bits per heavy atom. The summed E-state index contributed by atoms with van der Waals surface area (Å²) in [5.41, 5.74) is 0.420. The van der Waals surface area contributed by atoms with E-state index in [2.05, 4.69) is 0 Å². The molecule has 86 valence electrons. The highest BCUT2D eigenvalue weighted by Gasteiger charge is 2.16. The molecule has 0 radical (unpaired) electrons. The van der Waals surface area contributed by atoms with E-state index < -0.39 is 7.12 Å². The Balaban J connectivity index is 2.86. The summed E-state index contributed by atoms with van der Waals surface area (Å²) >= 11 is 0. The minimum atomic E-state index is -1.64. The summed E-state index contributed by atoms with van der Waals surface area (Å²) in [6.07, 6.45) is 0.580. The van der Waals surface area contributed by atoms with Crippen molar-refractivity contribution in [1.29, 1.82) is 0 Å². The van der Waals surface area contributed by atoms with Crippen LogP contribution in [0.4, 0.5) is 0 Å². The molecule has 0 amide bonds. The van der Waals surface area contributed by atoms with Crippen LogP contribution in [0.1, 0.15) is 24.2 Å². The van der Waals surface area contributed by atoms with Gasteiger partial charge in [-0.1, -0.05) is 19.9 Å². The van der Waals surface area contributed by atoms with Crippen LogP contribution in [0.5, 0.6) is 5.75 Å². The molecule has 0 atom stereocenters. The van der Waals surface area contributed by atoms with Gasteiger partial charge in [0.15, 0.2) is 0 Å². The molecule has 4 nitrogen and oxygen atoms in total. The fraction of sp³-hybridized carbons (Fsp3) is 0.364. The van der Waals surface area contributed by atoms with E-state index in [9.17, 15) is 4.79 Å². The van der Waals surface area contributed by atoms with E-state index in [4.69, 9.17) is 14.8 Å². The molecule has 0 spiro atoms. The molecule has 0 aliphatic carbocycles. The Hall–Kier alpha value is -1.33. The Labute approximate surface area is 95.0 Å². The minimum absolute atomic E-state index is 0.187. The van der Waals surface area contributed by atoms with Crippen molar-refractivity contribution >= 4 is 18.9 Å². The van der Waals surface area contributed by atoms with Gasteiger partial charge in [-0.3, -0.25) is 4.79 Å². The van der Waals surface area contributed by atoms with Crippen molar-refractivity contribution in [3.05, 3.63) is 23.8 Å². The third-order valence-electron chi connectivity index (χ3n) is 2.05. The molecule has 0 saturated carbocycles. The zero-order valence-electron chi connectivity index (χ0n) is 9.38. The summed E-state index contributed by atoms with van der Waals surface area (Å²) in [7, 11) is -1.64. The fourth-order valence-electron chi connectivity index (χ4n) is 1.24. The van der Waals surface area contributed by atoms with Crippen LogP contribution >= 0.6 is 0 Å². The lowest BCUT2D eigenvalue weighted by atomic mass is 9.77. The molecule has 1 aromatic rings. The van der Waals surface area contributed by atoms with Crippen molar-refractivity contribution in [2.75, 3.05) is 6.61 Å². The Kier molecular flexibility index (Phi) is 4.52. The second-order valence-electron chi connectivity index (χ2n) is 3.99. The lowest BCUT2D eigenvalue weighted by molar-refractivity contribution is 0.112. The first kappa shape index (κ1) is 12.7. The Morgan fingerprint density at radius 2 is 2.12 bits per heavy atom. The van der Waals surface area contributed by atoms with Crippen molar-refractivity contribution in [2.24, 2.45) is 5.92 Å². The van der Waals surface area contributed by atoms with Crippen molar-refractivity contribution in [1.82, 2.24) is 0 Å². The van der Waals surface area contributed by atoms with E-state index in [0.717, 1.165) is 0 Å². The maximum Gasteiger partial charge on any atom is 0.489 e. The van der Waals surface area contributed by atoms with Crippen LogP contribution in [0.15, 0.2) is 18.2 Å². The lowest BCUT2D eigenvalue weighted by Gasteiger charge is -2.10. The second kappa shape index (κ2) is 5.68. The van der Waals surface area contributed by atoms with Gasteiger partial charge in [0.05, 0.1) is 6.61 Å². The summed E-state index contributed by atoms with van der Waals surface area (Å²) in [5.74, 6) is 0.947. The molecular weight excluding hydrogens is 207 g/mol. The van der Waals surface area contributed by atoms with Gasteiger partial charge in [0, 0.05) is 5.56 Å². The quantitative estimate of drug-likeness (QED) is 0.552. The monoisotopic (exact) mass is 222 g/mol. The van der Waals surface area contributed by atoms with E-state index in [1.54, 1.807) is 6.07 Å². The van der Waals surface area contributed by atoms with Crippen LogP contribution in [0.3, 0.4) is 0 Å². The lowest BCUT2D eigenvalue weighted by Crippen LogP contribution is -2.32. The topological polar surface area (TPSA) is 66.8 Å². The van der Waals surface area contributed by atoms with Gasteiger partial charge in [-0.05, 0) is 23.5 Å². The zero-order chi connectivity index (χ0) is 12.1. The maximum atomic E-state index is 10.7. The SMILES string of the molecule is CC(C)COc1ccc(B(O)O)c(C=O)c1. The van der Waals surface area contributed by atoms with Crippen molar-refractivity contribution in [3.63, 3.8) is 0 Å². The number of carbonyl (C=O) groups excluding carboxylic acids is 1. The molecule has 2 N–H and O–H groups in total. The molecule has 0 heterocycles. The van der Waals surface area contributed by atoms with Crippen molar-refractivity contribution < 1.29 is 19.6 Å². The van der Waals surface area contributed by atoms with Gasteiger partial charge < -0.3 is 14.8 Å². The number of benzene rings is 1. The van der Waals surface area contributed by atoms with Crippen molar-refractivity contribution in [2.45, 2.75) is 13.8 Å².